The summed E-state index contributed by atoms with van der Waals surface area (Å²) in [5.41, 5.74) is 3.09. The highest BCUT2D eigenvalue weighted by molar-refractivity contribution is 7.10. The van der Waals surface area contributed by atoms with Gasteiger partial charge in [0.2, 0.25) is 0 Å². The van der Waals surface area contributed by atoms with Gasteiger partial charge >= 0.3 is 0 Å². The Bertz CT molecular complexity index is 378. The Balaban J connectivity index is 1.75. The molecular weight excluding hydrogens is 226 g/mol. The molecular formula is C15H23NS. The predicted molar refractivity (Wildman–Crippen MR) is 76.6 cm³/mol. The van der Waals surface area contributed by atoms with Gasteiger partial charge in [-0.1, -0.05) is 11.6 Å². The number of hydrogen-bond acceptors (Lipinski definition) is 2. The number of aryl methyl sites for hydroxylation is 1. The van der Waals surface area contributed by atoms with E-state index in [9.17, 15) is 0 Å². The number of rotatable bonds is 5. The minimum absolute atomic E-state index is 0.499. The first kappa shape index (κ1) is 12.8. The first-order valence-corrected chi connectivity index (χ1v) is 7.60. The SMILES string of the molecule is Cc1ccsc1C(C)NCCC1=CCCCC1. The second-order valence-electron chi connectivity index (χ2n) is 5.00. The van der Waals surface area contributed by atoms with Crippen molar-refractivity contribution in [3.05, 3.63) is 33.5 Å². The summed E-state index contributed by atoms with van der Waals surface area (Å²) < 4.78 is 0. The van der Waals surface area contributed by atoms with E-state index in [1.54, 1.807) is 5.57 Å². The Morgan fingerprint density at radius 2 is 2.29 bits per heavy atom. The summed E-state index contributed by atoms with van der Waals surface area (Å²) in [6, 6.07) is 2.71. The largest absolute Gasteiger partial charge is 0.309 e. The summed E-state index contributed by atoms with van der Waals surface area (Å²) >= 11 is 1.87. The van der Waals surface area contributed by atoms with Gasteiger partial charge in [-0.15, -0.1) is 11.3 Å². The predicted octanol–water partition coefficient (Wildman–Crippen LogP) is 4.60. The fourth-order valence-electron chi connectivity index (χ4n) is 2.50. The first-order valence-electron chi connectivity index (χ1n) is 6.72. The summed E-state index contributed by atoms with van der Waals surface area (Å²) in [4.78, 5) is 1.49. The van der Waals surface area contributed by atoms with Crippen molar-refractivity contribution < 1.29 is 0 Å². The smallest absolute Gasteiger partial charge is 0.0388 e. The molecule has 1 aromatic heterocycles. The van der Waals surface area contributed by atoms with E-state index in [4.69, 9.17) is 0 Å². The molecule has 2 rings (SSSR count). The van der Waals surface area contributed by atoms with Crippen LogP contribution in [-0.4, -0.2) is 6.54 Å². The zero-order chi connectivity index (χ0) is 12.1. The van der Waals surface area contributed by atoms with E-state index >= 15 is 0 Å². The van der Waals surface area contributed by atoms with Crippen LogP contribution >= 0.6 is 11.3 Å². The van der Waals surface area contributed by atoms with E-state index in [2.05, 4.69) is 36.7 Å². The zero-order valence-corrected chi connectivity index (χ0v) is 11.8. The molecule has 94 valence electrons. The van der Waals surface area contributed by atoms with Gasteiger partial charge in [0.15, 0.2) is 0 Å². The molecule has 0 saturated heterocycles. The summed E-state index contributed by atoms with van der Waals surface area (Å²) in [5.74, 6) is 0. The van der Waals surface area contributed by atoms with Crippen LogP contribution in [0.4, 0.5) is 0 Å². The van der Waals surface area contributed by atoms with Gasteiger partial charge in [0, 0.05) is 10.9 Å². The minimum atomic E-state index is 0.499. The van der Waals surface area contributed by atoms with Gasteiger partial charge < -0.3 is 5.32 Å². The number of hydrogen-bond donors (Lipinski definition) is 1. The molecule has 0 aromatic carbocycles. The molecule has 1 atom stereocenters. The Morgan fingerprint density at radius 1 is 1.41 bits per heavy atom. The molecule has 17 heavy (non-hydrogen) atoms. The van der Waals surface area contributed by atoms with Gasteiger partial charge in [-0.2, -0.15) is 0 Å². The molecule has 1 nitrogen and oxygen atoms in total. The van der Waals surface area contributed by atoms with Crippen LogP contribution in [0.3, 0.4) is 0 Å². The Morgan fingerprint density at radius 3 is 2.94 bits per heavy atom. The molecule has 1 unspecified atom stereocenters. The zero-order valence-electron chi connectivity index (χ0n) is 11.0. The highest BCUT2D eigenvalue weighted by atomic mass is 32.1. The van der Waals surface area contributed by atoms with Crippen LogP contribution in [0.1, 0.15) is 55.5 Å². The second kappa shape index (κ2) is 6.36. The van der Waals surface area contributed by atoms with E-state index in [1.165, 1.54) is 42.5 Å². The van der Waals surface area contributed by atoms with Gasteiger partial charge in [0.1, 0.15) is 0 Å². The average Bonchev–Trinajstić information content (AvgIpc) is 2.77. The van der Waals surface area contributed by atoms with Crippen LogP contribution in [0.5, 0.6) is 0 Å². The van der Waals surface area contributed by atoms with Crippen LogP contribution in [0.15, 0.2) is 23.1 Å². The molecule has 0 spiro atoms. The van der Waals surface area contributed by atoms with Crippen molar-refractivity contribution in [2.24, 2.45) is 0 Å². The molecule has 1 heterocycles. The van der Waals surface area contributed by atoms with Crippen LogP contribution in [0.25, 0.3) is 0 Å². The lowest BCUT2D eigenvalue weighted by Gasteiger charge is -2.16. The number of allylic oxidation sites excluding steroid dienone is 1. The lowest BCUT2D eigenvalue weighted by atomic mass is 9.97. The quantitative estimate of drug-likeness (QED) is 0.752. The highest BCUT2D eigenvalue weighted by Crippen LogP contribution is 2.24. The van der Waals surface area contributed by atoms with E-state index in [-0.39, 0.29) is 0 Å². The van der Waals surface area contributed by atoms with Crippen molar-refractivity contribution in [1.29, 1.82) is 0 Å². The molecule has 1 aliphatic carbocycles. The van der Waals surface area contributed by atoms with Gasteiger partial charge in [-0.3, -0.25) is 0 Å². The maximum absolute atomic E-state index is 3.64. The van der Waals surface area contributed by atoms with Crippen LogP contribution in [0, 0.1) is 6.92 Å². The van der Waals surface area contributed by atoms with E-state index in [1.807, 2.05) is 11.3 Å². The molecule has 1 aliphatic rings. The van der Waals surface area contributed by atoms with Gasteiger partial charge in [-0.05, 0) is 69.5 Å². The monoisotopic (exact) mass is 249 g/mol. The molecule has 0 amide bonds. The van der Waals surface area contributed by atoms with Crippen molar-refractivity contribution in [2.45, 2.75) is 52.0 Å². The highest BCUT2D eigenvalue weighted by Gasteiger charge is 2.09. The van der Waals surface area contributed by atoms with Crippen molar-refractivity contribution in [3.8, 4) is 0 Å². The normalized spacial score (nSPS) is 17.9. The third kappa shape index (κ3) is 3.68. The Kier molecular flexibility index (Phi) is 4.81. The molecule has 0 saturated carbocycles. The molecule has 0 bridgehead atoms. The summed E-state index contributed by atoms with van der Waals surface area (Å²) in [6.45, 7) is 5.59. The van der Waals surface area contributed by atoms with Gasteiger partial charge in [-0.25, -0.2) is 0 Å². The topological polar surface area (TPSA) is 12.0 Å². The average molecular weight is 249 g/mol. The summed E-state index contributed by atoms with van der Waals surface area (Å²) in [7, 11) is 0. The second-order valence-corrected chi connectivity index (χ2v) is 5.95. The molecule has 0 radical (unpaired) electrons. The summed E-state index contributed by atoms with van der Waals surface area (Å²) in [5, 5.41) is 5.83. The van der Waals surface area contributed by atoms with Crippen molar-refractivity contribution in [2.75, 3.05) is 6.54 Å². The minimum Gasteiger partial charge on any atom is -0.309 e. The van der Waals surface area contributed by atoms with Crippen LogP contribution in [-0.2, 0) is 0 Å². The number of thiophene rings is 1. The van der Waals surface area contributed by atoms with Crippen molar-refractivity contribution >= 4 is 11.3 Å². The standard InChI is InChI=1S/C15H23NS/c1-12-9-11-17-15(12)13(2)16-10-8-14-6-4-3-5-7-14/h6,9,11,13,16H,3-5,7-8,10H2,1-2H3. The molecule has 0 aliphatic heterocycles. The Labute approximate surface area is 109 Å². The molecule has 0 fully saturated rings. The van der Waals surface area contributed by atoms with Crippen LogP contribution in [0.2, 0.25) is 0 Å². The maximum atomic E-state index is 3.64. The Hall–Kier alpha value is -0.600. The van der Waals surface area contributed by atoms with E-state index in [0.717, 1.165) is 6.54 Å². The van der Waals surface area contributed by atoms with E-state index in [0.29, 0.717) is 6.04 Å². The lowest BCUT2D eigenvalue weighted by Crippen LogP contribution is -2.20. The fourth-order valence-corrected chi connectivity index (χ4v) is 3.46. The summed E-state index contributed by atoms with van der Waals surface area (Å²) in [6.07, 6.45) is 9.09. The van der Waals surface area contributed by atoms with Crippen molar-refractivity contribution in [1.82, 2.24) is 5.32 Å². The lowest BCUT2D eigenvalue weighted by molar-refractivity contribution is 0.567. The molecule has 2 heteroatoms. The van der Waals surface area contributed by atoms with Gasteiger partial charge in [0.25, 0.3) is 0 Å². The molecule has 1 aromatic rings. The molecule has 1 N–H and O–H groups in total. The fraction of sp³-hybridized carbons (Fsp3) is 0.600. The van der Waals surface area contributed by atoms with Crippen molar-refractivity contribution in [3.63, 3.8) is 0 Å². The third-order valence-corrected chi connectivity index (χ3v) is 4.78. The van der Waals surface area contributed by atoms with Crippen LogP contribution < -0.4 is 5.32 Å². The van der Waals surface area contributed by atoms with Gasteiger partial charge in [0.05, 0.1) is 0 Å². The van der Waals surface area contributed by atoms with E-state index < -0.39 is 0 Å². The first-order chi connectivity index (χ1) is 8.27. The number of nitrogens with one attached hydrogen (secondary N) is 1. The maximum Gasteiger partial charge on any atom is 0.0388 e. The third-order valence-electron chi connectivity index (χ3n) is 3.58.